The third-order valence-corrected chi connectivity index (χ3v) is 3.62. The molecule has 1 rings (SSSR count). The van der Waals surface area contributed by atoms with E-state index in [1.807, 2.05) is 0 Å². The van der Waals surface area contributed by atoms with Gasteiger partial charge in [-0.1, -0.05) is 13.8 Å². The standard InChI is InChI=1S/C11H15FN2O5S/c1-3-8(4-2)19-11-9(12)5-7(14(15)16)6-10(11)20(13,17)18/h5-6,8H,3-4H2,1-2H3,(H2,13,17,18). The molecule has 2 N–H and O–H groups in total. The topological polar surface area (TPSA) is 113 Å². The molecular weight excluding hydrogens is 291 g/mol. The van der Waals surface area contributed by atoms with Crippen molar-refractivity contribution in [3.63, 3.8) is 0 Å². The van der Waals surface area contributed by atoms with Gasteiger partial charge < -0.3 is 4.74 Å². The minimum atomic E-state index is -4.34. The van der Waals surface area contributed by atoms with E-state index in [2.05, 4.69) is 0 Å². The van der Waals surface area contributed by atoms with Crippen LogP contribution in [0, 0.1) is 15.9 Å². The van der Waals surface area contributed by atoms with Crippen LogP contribution in [0.4, 0.5) is 10.1 Å². The molecule has 7 nitrogen and oxygen atoms in total. The van der Waals surface area contributed by atoms with E-state index in [4.69, 9.17) is 9.88 Å². The van der Waals surface area contributed by atoms with Gasteiger partial charge in [0.15, 0.2) is 11.6 Å². The van der Waals surface area contributed by atoms with Crippen LogP contribution in [-0.2, 0) is 10.0 Å². The highest BCUT2D eigenvalue weighted by atomic mass is 32.2. The average molecular weight is 306 g/mol. The van der Waals surface area contributed by atoms with Crippen LogP contribution in [0.5, 0.6) is 5.75 Å². The molecule has 0 aliphatic rings. The Morgan fingerprint density at radius 1 is 1.40 bits per heavy atom. The van der Waals surface area contributed by atoms with Crippen molar-refractivity contribution in [2.75, 3.05) is 0 Å². The Kier molecular flexibility index (Phi) is 5.01. The fraction of sp³-hybridized carbons (Fsp3) is 0.455. The molecule has 0 unspecified atom stereocenters. The first-order valence-corrected chi connectivity index (χ1v) is 7.42. The lowest BCUT2D eigenvalue weighted by Crippen LogP contribution is -2.20. The zero-order valence-electron chi connectivity index (χ0n) is 11.0. The largest absolute Gasteiger partial charge is 0.486 e. The lowest BCUT2D eigenvalue weighted by atomic mass is 10.2. The van der Waals surface area contributed by atoms with Crippen LogP contribution in [0.15, 0.2) is 17.0 Å². The number of nitro benzene ring substituents is 1. The fourth-order valence-corrected chi connectivity index (χ4v) is 2.30. The van der Waals surface area contributed by atoms with Gasteiger partial charge in [0.05, 0.1) is 17.1 Å². The van der Waals surface area contributed by atoms with E-state index in [9.17, 15) is 22.9 Å². The van der Waals surface area contributed by atoms with Crippen molar-refractivity contribution in [2.45, 2.75) is 37.7 Å². The minimum Gasteiger partial charge on any atom is -0.486 e. The van der Waals surface area contributed by atoms with Crippen LogP contribution < -0.4 is 9.88 Å². The lowest BCUT2D eigenvalue weighted by molar-refractivity contribution is -0.385. The zero-order chi connectivity index (χ0) is 15.5. The third kappa shape index (κ3) is 3.64. The maximum Gasteiger partial charge on any atom is 0.274 e. The summed E-state index contributed by atoms with van der Waals surface area (Å²) in [5.41, 5.74) is -0.705. The fourth-order valence-electron chi connectivity index (χ4n) is 1.61. The third-order valence-electron chi connectivity index (χ3n) is 2.71. The molecule has 0 radical (unpaired) electrons. The number of nitro groups is 1. The molecule has 0 saturated heterocycles. The number of hydrogen-bond acceptors (Lipinski definition) is 5. The van der Waals surface area contributed by atoms with Crippen LogP contribution in [-0.4, -0.2) is 19.4 Å². The molecule has 1 aromatic carbocycles. The van der Waals surface area contributed by atoms with Crippen molar-refractivity contribution >= 4 is 15.7 Å². The lowest BCUT2D eigenvalue weighted by Gasteiger charge is -2.18. The number of rotatable bonds is 6. The van der Waals surface area contributed by atoms with Gasteiger partial charge in [-0.25, -0.2) is 17.9 Å². The molecule has 0 atom stereocenters. The predicted octanol–water partition coefficient (Wildman–Crippen LogP) is 1.95. The number of benzene rings is 1. The first-order chi connectivity index (χ1) is 9.20. The number of primary sulfonamides is 1. The molecule has 0 aromatic heterocycles. The quantitative estimate of drug-likeness (QED) is 0.637. The van der Waals surface area contributed by atoms with Gasteiger partial charge in [-0.2, -0.15) is 0 Å². The van der Waals surface area contributed by atoms with Crippen LogP contribution >= 0.6 is 0 Å². The molecule has 0 saturated carbocycles. The van der Waals surface area contributed by atoms with Gasteiger partial charge in [0.2, 0.25) is 10.0 Å². The molecule has 0 amide bonds. The molecule has 20 heavy (non-hydrogen) atoms. The van der Waals surface area contributed by atoms with Crippen molar-refractivity contribution in [2.24, 2.45) is 5.14 Å². The average Bonchev–Trinajstić information content (AvgIpc) is 2.35. The van der Waals surface area contributed by atoms with E-state index in [-0.39, 0.29) is 0 Å². The number of hydrogen-bond donors (Lipinski definition) is 1. The second kappa shape index (κ2) is 6.14. The van der Waals surface area contributed by atoms with Gasteiger partial charge >= 0.3 is 0 Å². The minimum absolute atomic E-state index is 0.411. The summed E-state index contributed by atoms with van der Waals surface area (Å²) in [5.74, 6) is -1.71. The molecular formula is C11H15FN2O5S. The van der Waals surface area contributed by atoms with Gasteiger partial charge in [-0.15, -0.1) is 0 Å². The van der Waals surface area contributed by atoms with Crippen molar-refractivity contribution in [3.8, 4) is 5.75 Å². The highest BCUT2D eigenvalue weighted by molar-refractivity contribution is 7.89. The second-order valence-corrected chi connectivity index (χ2v) is 5.64. The first kappa shape index (κ1) is 16.3. The summed E-state index contributed by atoms with van der Waals surface area (Å²) in [7, 11) is -4.34. The van der Waals surface area contributed by atoms with Crippen LogP contribution in [0.1, 0.15) is 26.7 Å². The normalized spacial score (nSPS) is 11.7. The monoisotopic (exact) mass is 306 g/mol. The van der Waals surface area contributed by atoms with Gasteiger partial charge in [0.1, 0.15) is 4.90 Å². The number of non-ortho nitro benzene ring substituents is 1. The molecule has 0 fully saturated rings. The first-order valence-electron chi connectivity index (χ1n) is 5.88. The molecule has 9 heteroatoms. The molecule has 112 valence electrons. The summed E-state index contributed by atoms with van der Waals surface area (Å²) in [4.78, 5) is 9.01. The van der Waals surface area contributed by atoms with Gasteiger partial charge in [0.25, 0.3) is 5.69 Å². The number of sulfonamides is 1. The van der Waals surface area contributed by atoms with Crippen LogP contribution in [0.25, 0.3) is 0 Å². The Morgan fingerprint density at radius 3 is 2.35 bits per heavy atom. The molecule has 0 spiro atoms. The number of nitrogens with two attached hydrogens (primary N) is 1. The Morgan fingerprint density at radius 2 is 1.95 bits per heavy atom. The van der Waals surface area contributed by atoms with Crippen molar-refractivity contribution in [1.82, 2.24) is 0 Å². The summed E-state index contributed by atoms with van der Waals surface area (Å²) < 4.78 is 42.1. The molecule has 0 heterocycles. The summed E-state index contributed by atoms with van der Waals surface area (Å²) >= 11 is 0. The van der Waals surface area contributed by atoms with Crippen molar-refractivity contribution in [3.05, 3.63) is 28.1 Å². The molecule has 0 aliphatic carbocycles. The van der Waals surface area contributed by atoms with Crippen LogP contribution in [0.3, 0.4) is 0 Å². The van der Waals surface area contributed by atoms with E-state index >= 15 is 0 Å². The zero-order valence-corrected chi connectivity index (χ0v) is 11.8. The van der Waals surface area contributed by atoms with E-state index in [0.717, 1.165) is 0 Å². The van der Waals surface area contributed by atoms with E-state index in [0.29, 0.717) is 25.0 Å². The molecule has 0 aliphatic heterocycles. The maximum absolute atomic E-state index is 13.9. The van der Waals surface area contributed by atoms with Gasteiger partial charge in [0, 0.05) is 6.07 Å². The molecule has 1 aromatic rings. The summed E-state index contributed by atoms with van der Waals surface area (Å²) in [6.07, 6.45) is 0.639. The van der Waals surface area contributed by atoms with E-state index in [1.165, 1.54) is 0 Å². The van der Waals surface area contributed by atoms with E-state index in [1.54, 1.807) is 13.8 Å². The van der Waals surface area contributed by atoms with Crippen molar-refractivity contribution in [1.29, 1.82) is 0 Å². The highest BCUT2D eigenvalue weighted by Gasteiger charge is 2.26. The highest BCUT2D eigenvalue weighted by Crippen LogP contribution is 2.32. The predicted molar refractivity (Wildman–Crippen MR) is 69.4 cm³/mol. The smallest absolute Gasteiger partial charge is 0.274 e. The molecule has 0 bridgehead atoms. The Labute approximate surface area is 115 Å². The van der Waals surface area contributed by atoms with Crippen LogP contribution in [0.2, 0.25) is 0 Å². The summed E-state index contributed by atoms with van der Waals surface area (Å²) in [5, 5.41) is 15.6. The number of halogens is 1. The Balaban J connectivity index is 3.46. The van der Waals surface area contributed by atoms with E-state index < -0.39 is 43.2 Å². The Hall–Kier alpha value is -1.74. The maximum atomic E-state index is 13.9. The summed E-state index contributed by atoms with van der Waals surface area (Å²) in [6, 6.07) is 1.29. The Bertz CT molecular complexity index is 613. The summed E-state index contributed by atoms with van der Waals surface area (Å²) in [6.45, 7) is 3.57. The van der Waals surface area contributed by atoms with Crippen molar-refractivity contribution < 1.29 is 22.5 Å². The van der Waals surface area contributed by atoms with Gasteiger partial charge in [-0.05, 0) is 12.8 Å². The number of nitrogens with zero attached hydrogens (tertiary/aromatic N) is 1. The van der Waals surface area contributed by atoms with Gasteiger partial charge in [-0.3, -0.25) is 10.1 Å². The SMILES string of the molecule is CCC(CC)Oc1c(F)cc([N+](=O)[O-])cc1S(N)(=O)=O. The second-order valence-electron chi connectivity index (χ2n) is 4.11. The number of ether oxygens (including phenoxy) is 1.